The number of nitrogens with two attached hydrogens (primary N) is 3. The Balaban J connectivity index is 2.50. The van der Waals surface area contributed by atoms with Crippen LogP contribution >= 0.6 is 0 Å². The first kappa shape index (κ1) is 50.1. The maximum Gasteiger partial charge on any atom is 0.326 e. The first-order valence-electron chi connectivity index (χ1n) is 20.6. The Labute approximate surface area is 347 Å². The summed E-state index contributed by atoms with van der Waals surface area (Å²) in [5.41, 5.74) is 18.1. The Morgan fingerprint density at radius 2 is 1.31 bits per heavy atom. The quantitative estimate of drug-likeness (QED) is 0.0575. The molecule has 18 nitrogen and oxygen atoms in total. The van der Waals surface area contributed by atoms with E-state index in [4.69, 9.17) is 17.2 Å². The number of rotatable bonds is 21. The average molecular weight is 830 g/mol. The molecule has 6 amide bonds. The standard InChI is InChI=1S/C41H67N9O9/c1-5-25(4)34(41(58)59)50-40(57)32(22-24(2)3)48-39(56)33(23-26-16-18-27(51)19-17-26)49-38(55)30-13-7-6-12-28(44)35(52)45-29(14-8-10-20-42)36(53)47-31(37(54)46-30)15-9-11-21-43/h6-7,16-19,24-25,28-34,51H,5,8-15,20-23,42-44H2,1-4H3,(H,45,52)(H,46,54)(H,47,53)(H,48,56)(H,49,55)(H,50,57)(H,58,59)/b7-6-/t25-,28+,29+,30+,31+,32+,33+,34+/m1/s1. The molecule has 0 aromatic heterocycles. The van der Waals surface area contributed by atoms with Crippen LogP contribution < -0.4 is 49.1 Å². The zero-order chi connectivity index (χ0) is 44.1. The number of nitrogens with one attached hydrogen (secondary N) is 6. The Kier molecular flexibility index (Phi) is 22.2. The van der Waals surface area contributed by atoms with E-state index in [1.54, 1.807) is 38.1 Å². The number of aromatic hydroxyl groups is 1. The normalized spacial score (nSPS) is 21.7. The third kappa shape index (κ3) is 17.8. The van der Waals surface area contributed by atoms with Gasteiger partial charge in [0.2, 0.25) is 35.4 Å². The van der Waals surface area contributed by atoms with Gasteiger partial charge in [-0.2, -0.15) is 0 Å². The molecule has 18 heteroatoms. The molecule has 59 heavy (non-hydrogen) atoms. The van der Waals surface area contributed by atoms with Crippen molar-refractivity contribution in [1.82, 2.24) is 31.9 Å². The van der Waals surface area contributed by atoms with Gasteiger partial charge < -0.3 is 59.3 Å². The smallest absolute Gasteiger partial charge is 0.326 e. The Morgan fingerprint density at radius 1 is 0.763 bits per heavy atom. The first-order valence-corrected chi connectivity index (χ1v) is 20.6. The minimum Gasteiger partial charge on any atom is -0.508 e. The molecular formula is C41H67N9O9. The lowest BCUT2D eigenvalue weighted by Crippen LogP contribution is -2.60. The number of phenols is 1. The molecule has 1 aromatic rings. The zero-order valence-corrected chi connectivity index (χ0v) is 34.8. The van der Waals surface area contributed by atoms with Crippen molar-refractivity contribution in [3.05, 3.63) is 42.0 Å². The maximum atomic E-state index is 14.2. The molecule has 1 aliphatic heterocycles. The molecule has 1 heterocycles. The first-order chi connectivity index (χ1) is 28.0. The molecule has 0 bridgehead atoms. The van der Waals surface area contributed by atoms with Crippen LogP contribution in [0.15, 0.2) is 36.4 Å². The number of phenolic OH excluding ortho intramolecular Hbond substituents is 1. The van der Waals surface area contributed by atoms with Crippen molar-refractivity contribution in [2.45, 2.75) is 141 Å². The minimum absolute atomic E-state index is 0.0249. The van der Waals surface area contributed by atoms with Crippen molar-refractivity contribution in [3.63, 3.8) is 0 Å². The number of carboxylic acid groups (broad SMARTS) is 1. The summed E-state index contributed by atoms with van der Waals surface area (Å²) < 4.78 is 0. The summed E-state index contributed by atoms with van der Waals surface area (Å²) in [7, 11) is 0. The van der Waals surface area contributed by atoms with Gasteiger partial charge in [-0.25, -0.2) is 4.79 Å². The van der Waals surface area contributed by atoms with Crippen LogP contribution in [0.5, 0.6) is 5.75 Å². The Bertz CT molecular complexity index is 1570. The molecule has 0 radical (unpaired) electrons. The molecule has 0 saturated carbocycles. The van der Waals surface area contributed by atoms with E-state index in [9.17, 15) is 43.8 Å². The van der Waals surface area contributed by atoms with Crippen LogP contribution in [0.3, 0.4) is 0 Å². The third-order valence-electron chi connectivity index (χ3n) is 10.2. The van der Waals surface area contributed by atoms with Gasteiger partial charge in [-0.05, 0) is 100 Å². The fraction of sp³-hybridized carbons (Fsp3) is 0.634. The van der Waals surface area contributed by atoms with E-state index in [1.807, 2.05) is 13.8 Å². The molecule has 0 unspecified atom stereocenters. The van der Waals surface area contributed by atoms with Gasteiger partial charge >= 0.3 is 5.97 Å². The van der Waals surface area contributed by atoms with Crippen LogP contribution in [0.2, 0.25) is 0 Å². The number of hydrogen-bond acceptors (Lipinski definition) is 11. The van der Waals surface area contributed by atoms with E-state index >= 15 is 0 Å². The summed E-state index contributed by atoms with van der Waals surface area (Å²) in [6, 6.07) is -2.15. The monoisotopic (exact) mass is 830 g/mol. The summed E-state index contributed by atoms with van der Waals surface area (Å²) in [5.74, 6) is -5.81. The van der Waals surface area contributed by atoms with Crippen LogP contribution in [0.25, 0.3) is 0 Å². The van der Waals surface area contributed by atoms with Gasteiger partial charge in [0, 0.05) is 6.42 Å². The zero-order valence-electron chi connectivity index (χ0n) is 34.8. The predicted molar refractivity (Wildman–Crippen MR) is 222 cm³/mol. The van der Waals surface area contributed by atoms with Crippen molar-refractivity contribution in [2.24, 2.45) is 29.0 Å². The third-order valence-corrected chi connectivity index (χ3v) is 10.2. The van der Waals surface area contributed by atoms with E-state index in [1.165, 1.54) is 12.1 Å². The molecule has 330 valence electrons. The topological polar surface area (TPSA) is 310 Å². The van der Waals surface area contributed by atoms with Gasteiger partial charge in [0.05, 0.1) is 6.04 Å². The average Bonchev–Trinajstić information content (AvgIpc) is 3.19. The molecule has 1 aromatic carbocycles. The second-order valence-electron chi connectivity index (χ2n) is 15.6. The number of carboxylic acids is 1. The largest absolute Gasteiger partial charge is 0.508 e. The fourth-order valence-electron chi connectivity index (χ4n) is 6.42. The van der Waals surface area contributed by atoms with Crippen molar-refractivity contribution in [3.8, 4) is 5.75 Å². The summed E-state index contributed by atoms with van der Waals surface area (Å²) >= 11 is 0. The molecule has 1 aliphatic rings. The van der Waals surface area contributed by atoms with E-state index in [2.05, 4.69) is 31.9 Å². The molecule has 0 saturated heterocycles. The van der Waals surface area contributed by atoms with E-state index in [0.717, 1.165) is 0 Å². The van der Waals surface area contributed by atoms with Crippen molar-refractivity contribution >= 4 is 41.4 Å². The molecule has 14 N–H and O–H groups in total. The van der Waals surface area contributed by atoms with Crippen LogP contribution in [-0.4, -0.2) is 107 Å². The second kappa shape index (κ2) is 26.1. The number of benzene rings is 1. The minimum atomic E-state index is -1.32. The van der Waals surface area contributed by atoms with Gasteiger partial charge in [0.1, 0.15) is 42.0 Å². The number of carbonyl (C=O) groups is 7. The summed E-state index contributed by atoms with van der Waals surface area (Å²) in [6.45, 7) is 7.89. The van der Waals surface area contributed by atoms with Gasteiger partial charge in [-0.1, -0.05) is 58.4 Å². The van der Waals surface area contributed by atoms with Gasteiger partial charge in [0.15, 0.2) is 0 Å². The number of unbranched alkanes of at least 4 members (excludes halogenated alkanes) is 2. The summed E-state index contributed by atoms with van der Waals surface area (Å²) in [4.78, 5) is 94.4. The number of hydrogen-bond donors (Lipinski definition) is 11. The van der Waals surface area contributed by atoms with Crippen LogP contribution in [0, 0.1) is 11.8 Å². The van der Waals surface area contributed by atoms with E-state index in [0.29, 0.717) is 50.8 Å². The van der Waals surface area contributed by atoms with Crippen LogP contribution in [-0.2, 0) is 40.0 Å². The molecule has 8 atom stereocenters. The number of amides is 6. The Morgan fingerprint density at radius 3 is 1.85 bits per heavy atom. The van der Waals surface area contributed by atoms with Crippen molar-refractivity contribution in [2.75, 3.05) is 13.1 Å². The van der Waals surface area contributed by atoms with Crippen molar-refractivity contribution in [1.29, 1.82) is 0 Å². The fourth-order valence-corrected chi connectivity index (χ4v) is 6.42. The highest BCUT2D eigenvalue weighted by molar-refractivity contribution is 5.97. The lowest BCUT2D eigenvalue weighted by atomic mass is 9.97. The SMILES string of the molecule is CC[C@@H](C)[C@H](NC(=O)[C@H](CC(C)C)NC(=O)[C@H](Cc1ccc(O)cc1)NC(=O)[C@@H]1C/C=C\C[C@H](N)C(=O)N[C@@H](CCCCN)C(=O)N[C@@H](CCCCN)C(=O)N1)C(=O)O. The molecular weight excluding hydrogens is 763 g/mol. The number of aliphatic carboxylic acids is 1. The van der Waals surface area contributed by atoms with Crippen LogP contribution in [0.1, 0.15) is 97.5 Å². The highest BCUT2D eigenvalue weighted by atomic mass is 16.4. The Hall–Kier alpha value is -5.07. The molecule has 0 fully saturated rings. The second-order valence-corrected chi connectivity index (χ2v) is 15.6. The van der Waals surface area contributed by atoms with E-state index < -0.39 is 89.6 Å². The highest BCUT2D eigenvalue weighted by Crippen LogP contribution is 2.15. The summed E-state index contributed by atoms with van der Waals surface area (Å²) in [6.07, 6.45) is 6.24. The molecule has 2 rings (SSSR count). The van der Waals surface area contributed by atoms with Crippen LogP contribution in [0.4, 0.5) is 0 Å². The van der Waals surface area contributed by atoms with E-state index in [-0.39, 0.29) is 50.2 Å². The molecule has 0 spiro atoms. The maximum absolute atomic E-state index is 14.2. The number of carbonyl (C=O) groups excluding carboxylic acids is 6. The van der Waals surface area contributed by atoms with Gasteiger partial charge in [0.25, 0.3) is 0 Å². The summed E-state index contributed by atoms with van der Waals surface area (Å²) in [5, 5.41) is 35.9. The molecule has 0 aliphatic carbocycles. The lowest BCUT2D eigenvalue weighted by Gasteiger charge is -2.28. The van der Waals surface area contributed by atoms with Gasteiger partial charge in [-0.15, -0.1) is 0 Å². The predicted octanol–water partition coefficient (Wildman–Crippen LogP) is -0.0444. The highest BCUT2D eigenvalue weighted by Gasteiger charge is 2.34. The van der Waals surface area contributed by atoms with Crippen molar-refractivity contribution < 1.29 is 43.8 Å². The lowest BCUT2D eigenvalue weighted by molar-refractivity contribution is -0.144. The van der Waals surface area contributed by atoms with Gasteiger partial charge in [-0.3, -0.25) is 28.8 Å².